The zero-order valence-electron chi connectivity index (χ0n) is 10.2. The highest BCUT2D eigenvalue weighted by Gasteiger charge is 2.15. The fraction of sp³-hybridized carbons (Fsp3) is 0.0714. The van der Waals surface area contributed by atoms with Gasteiger partial charge in [-0.15, -0.1) is 0 Å². The molecule has 5 heteroatoms. The number of hydrogen-bond donors (Lipinski definition) is 2. The Morgan fingerprint density at radius 3 is 2.63 bits per heavy atom. The minimum absolute atomic E-state index is 0.0279. The fourth-order valence-electron chi connectivity index (χ4n) is 1.79. The van der Waals surface area contributed by atoms with Crippen LogP contribution in [0.3, 0.4) is 0 Å². The largest absolute Gasteiger partial charge is 0.398 e. The first-order valence-electron chi connectivity index (χ1n) is 5.61. The van der Waals surface area contributed by atoms with E-state index in [0.29, 0.717) is 11.3 Å². The van der Waals surface area contributed by atoms with Crippen molar-refractivity contribution in [3.05, 3.63) is 58.4 Å². The number of carbonyl (C=O) groups is 1. The van der Waals surface area contributed by atoms with Gasteiger partial charge in [0.1, 0.15) is 0 Å². The highest BCUT2D eigenvalue weighted by Crippen LogP contribution is 2.24. The van der Waals surface area contributed by atoms with Crippen LogP contribution in [0.5, 0.6) is 0 Å². The lowest BCUT2D eigenvalue weighted by Gasteiger charge is -2.11. The Kier molecular flexibility index (Phi) is 3.71. The van der Waals surface area contributed by atoms with Gasteiger partial charge in [-0.1, -0.05) is 29.8 Å². The maximum absolute atomic E-state index is 13.7. The molecule has 3 nitrogen and oxygen atoms in total. The molecule has 0 fully saturated rings. The molecule has 0 bridgehead atoms. The molecule has 0 saturated carbocycles. The van der Waals surface area contributed by atoms with Gasteiger partial charge in [0.2, 0.25) is 0 Å². The van der Waals surface area contributed by atoms with E-state index in [9.17, 15) is 9.18 Å². The van der Waals surface area contributed by atoms with Crippen molar-refractivity contribution < 1.29 is 9.18 Å². The number of nitrogen functional groups attached to an aromatic ring is 1. The molecule has 0 heterocycles. The van der Waals surface area contributed by atoms with Crippen molar-refractivity contribution in [2.24, 2.45) is 0 Å². The molecule has 1 amide bonds. The van der Waals surface area contributed by atoms with Gasteiger partial charge in [0.05, 0.1) is 16.3 Å². The Morgan fingerprint density at radius 1 is 1.26 bits per heavy atom. The molecule has 0 aliphatic carbocycles. The number of amides is 1. The topological polar surface area (TPSA) is 55.1 Å². The van der Waals surface area contributed by atoms with Gasteiger partial charge in [0.25, 0.3) is 5.91 Å². The number of rotatable bonds is 2. The quantitative estimate of drug-likeness (QED) is 0.824. The average molecular weight is 279 g/mol. The lowest BCUT2D eigenvalue weighted by molar-refractivity contribution is 0.102. The smallest absolute Gasteiger partial charge is 0.258 e. The fourth-order valence-corrected chi connectivity index (χ4v) is 1.96. The molecule has 3 N–H and O–H groups in total. The number of nitrogens with two attached hydrogens (primary N) is 1. The zero-order valence-corrected chi connectivity index (χ0v) is 11.0. The van der Waals surface area contributed by atoms with E-state index < -0.39 is 11.7 Å². The van der Waals surface area contributed by atoms with E-state index in [0.717, 1.165) is 5.56 Å². The van der Waals surface area contributed by atoms with E-state index in [-0.39, 0.29) is 10.7 Å². The Balaban J connectivity index is 2.34. The van der Waals surface area contributed by atoms with Crippen molar-refractivity contribution in [1.82, 2.24) is 0 Å². The summed E-state index contributed by atoms with van der Waals surface area (Å²) in [4.78, 5) is 12.1. The highest BCUT2D eigenvalue weighted by molar-refractivity contribution is 6.31. The standard InChI is InChI=1S/C14H12ClFN2O/c1-8-4-2-6-10(17)12(8)14(19)18-11-7-3-5-9(15)13(11)16/h2-7H,17H2,1H3,(H,18,19). The molecule has 98 valence electrons. The maximum atomic E-state index is 13.7. The van der Waals surface area contributed by atoms with Gasteiger partial charge in [-0.3, -0.25) is 4.79 Å². The second kappa shape index (κ2) is 5.28. The molecule has 2 aromatic carbocycles. The predicted octanol–water partition coefficient (Wildman–Crippen LogP) is 3.62. The lowest BCUT2D eigenvalue weighted by atomic mass is 10.1. The Bertz CT molecular complexity index is 623. The van der Waals surface area contributed by atoms with E-state index in [2.05, 4.69) is 5.32 Å². The highest BCUT2D eigenvalue weighted by atomic mass is 35.5. The molecule has 0 aliphatic heterocycles. The van der Waals surface area contributed by atoms with Crippen LogP contribution in [0.25, 0.3) is 0 Å². The zero-order chi connectivity index (χ0) is 14.0. The first-order valence-corrected chi connectivity index (χ1v) is 5.99. The molecule has 0 unspecified atom stereocenters. The number of anilines is 2. The third-order valence-electron chi connectivity index (χ3n) is 2.73. The Hall–Kier alpha value is -2.07. The minimum Gasteiger partial charge on any atom is -0.398 e. The number of carbonyl (C=O) groups excluding carboxylic acids is 1. The molecule has 0 atom stereocenters. The second-order valence-electron chi connectivity index (χ2n) is 4.09. The molecule has 2 rings (SSSR count). The van der Waals surface area contributed by atoms with E-state index >= 15 is 0 Å². The molecule has 2 aromatic rings. The summed E-state index contributed by atoms with van der Waals surface area (Å²) in [5.74, 6) is -1.12. The van der Waals surface area contributed by atoms with Crippen molar-refractivity contribution in [3.8, 4) is 0 Å². The summed E-state index contributed by atoms with van der Waals surface area (Å²) in [6.45, 7) is 1.76. The molecule has 0 saturated heterocycles. The van der Waals surface area contributed by atoms with Gasteiger partial charge < -0.3 is 11.1 Å². The first-order chi connectivity index (χ1) is 9.00. The summed E-state index contributed by atoms with van der Waals surface area (Å²) < 4.78 is 13.7. The van der Waals surface area contributed by atoms with E-state index in [1.165, 1.54) is 12.1 Å². The van der Waals surface area contributed by atoms with Gasteiger partial charge in [-0.05, 0) is 30.7 Å². The number of halogens is 2. The molecular formula is C14H12ClFN2O. The van der Waals surface area contributed by atoms with Crippen molar-refractivity contribution >= 4 is 28.9 Å². The summed E-state index contributed by atoms with van der Waals surface area (Å²) in [6.07, 6.45) is 0. The monoisotopic (exact) mass is 278 g/mol. The van der Waals surface area contributed by atoms with Crippen molar-refractivity contribution in [1.29, 1.82) is 0 Å². The molecule has 0 aliphatic rings. The number of benzene rings is 2. The van der Waals surface area contributed by atoms with E-state index in [1.807, 2.05) is 0 Å². The predicted molar refractivity (Wildman–Crippen MR) is 75.0 cm³/mol. The SMILES string of the molecule is Cc1cccc(N)c1C(=O)Nc1cccc(Cl)c1F. The molecule has 0 spiro atoms. The summed E-state index contributed by atoms with van der Waals surface area (Å²) in [5.41, 5.74) is 7.20. The van der Waals surface area contributed by atoms with E-state index in [1.54, 1.807) is 31.2 Å². The van der Waals surface area contributed by atoms with Gasteiger partial charge in [0.15, 0.2) is 5.82 Å². The maximum Gasteiger partial charge on any atom is 0.258 e. The van der Waals surface area contributed by atoms with Crippen molar-refractivity contribution in [2.75, 3.05) is 11.1 Å². The van der Waals surface area contributed by atoms with Crippen LogP contribution in [-0.2, 0) is 0 Å². The number of nitrogens with one attached hydrogen (secondary N) is 1. The van der Waals surface area contributed by atoms with Crippen LogP contribution in [0.4, 0.5) is 15.8 Å². The summed E-state index contributed by atoms with van der Waals surface area (Å²) >= 11 is 5.65. The normalized spacial score (nSPS) is 10.3. The summed E-state index contributed by atoms with van der Waals surface area (Å²) in [5, 5.41) is 2.42. The summed E-state index contributed by atoms with van der Waals surface area (Å²) in [6, 6.07) is 9.54. The van der Waals surface area contributed by atoms with Crippen LogP contribution in [-0.4, -0.2) is 5.91 Å². The molecular weight excluding hydrogens is 267 g/mol. The molecule has 19 heavy (non-hydrogen) atoms. The molecule has 0 aromatic heterocycles. The van der Waals surface area contributed by atoms with Crippen LogP contribution < -0.4 is 11.1 Å². The van der Waals surface area contributed by atoms with Gasteiger partial charge in [-0.2, -0.15) is 0 Å². The van der Waals surface area contributed by atoms with Crippen LogP contribution in [0.1, 0.15) is 15.9 Å². The summed E-state index contributed by atoms with van der Waals surface area (Å²) in [7, 11) is 0. The third-order valence-corrected chi connectivity index (χ3v) is 3.02. The van der Waals surface area contributed by atoms with Gasteiger partial charge in [0, 0.05) is 5.69 Å². The third kappa shape index (κ3) is 2.69. The minimum atomic E-state index is -0.662. The van der Waals surface area contributed by atoms with E-state index in [4.69, 9.17) is 17.3 Å². The molecule has 0 radical (unpaired) electrons. The van der Waals surface area contributed by atoms with Crippen molar-refractivity contribution in [3.63, 3.8) is 0 Å². The first kappa shape index (κ1) is 13.4. The average Bonchev–Trinajstić information content (AvgIpc) is 2.35. The van der Waals surface area contributed by atoms with Gasteiger partial charge >= 0.3 is 0 Å². The lowest BCUT2D eigenvalue weighted by Crippen LogP contribution is -2.16. The van der Waals surface area contributed by atoms with Crippen LogP contribution in [0, 0.1) is 12.7 Å². The van der Waals surface area contributed by atoms with Gasteiger partial charge in [-0.25, -0.2) is 4.39 Å². The Morgan fingerprint density at radius 2 is 1.95 bits per heavy atom. The van der Waals surface area contributed by atoms with Crippen molar-refractivity contribution in [2.45, 2.75) is 6.92 Å². The number of hydrogen-bond acceptors (Lipinski definition) is 2. The van der Waals surface area contributed by atoms with Crippen LogP contribution >= 0.6 is 11.6 Å². The van der Waals surface area contributed by atoms with Crippen LogP contribution in [0.2, 0.25) is 5.02 Å². The Labute approximate surface area is 115 Å². The number of aryl methyl sites for hydroxylation is 1. The second-order valence-corrected chi connectivity index (χ2v) is 4.50. The van der Waals surface area contributed by atoms with Crippen LogP contribution in [0.15, 0.2) is 36.4 Å².